The summed E-state index contributed by atoms with van der Waals surface area (Å²) in [5, 5.41) is 24.5. The Balaban J connectivity index is 1.51. The lowest BCUT2D eigenvalue weighted by molar-refractivity contribution is -0.276. The first-order valence-corrected chi connectivity index (χ1v) is 10.9. The predicted molar refractivity (Wildman–Crippen MR) is 124 cm³/mol. The number of piperazine rings is 1. The van der Waals surface area contributed by atoms with Crippen molar-refractivity contribution in [2.24, 2.45) is 0 Å². The van der Waals surface area contributed by atoms with E-state index < -0.39 is 5.91 Å². The van der Waals surface area contributed by atoms with Gasteiger partial charge in [-0.25, -0.2) is 9.88 Å². The second-order valence-corrected chi connectivity index (χ2v) is 8.12. The Bertz CT molecular complexity index is 1250. The van der Waals surface area contributed by atoms with E-state index in [-0.39, 0.29) is 17.0 Å². The van der Waals surface area contributed by atoms with E-state index in [4.69, 9.17) is 0 Å². The number of aromatic amines is 1. The fourth-order valence-electron chi connectivity index (χ4n) is 4.15. The molecule has 0 unspecified atom stereocenters. The molecule has 0 saturated carbocycles. The SMILES string of the molecule is CCc1cc2ncc(C(O)(O)N3CCN(c4ccc(C(=O)NC)nc4C)CC3)cc2[nH]c1=O. The fourth-order valence-corrected chi connectivity index (χ4v) is 4.15. The third-order valence-electron chi connectivity index (χ3n) is 6.12. The highest BCUT2D eigenvalue weighted by molar-refractivity contribution is 5.92. The van der Waals surface area contributed by atoms with Crippen molar-refractivity contribution in [2.75, 3.05) is 38.1 Å². The first-order chi connectivity index (χ1) is 15.7. The zero-order chi connectivity index (χ0) is 23.8. The maximum atomic E-state index is 12.1. The number of fused-ring (bicyclic) bond motifs is 1. The van der Waals surface area contributed by atoms with Crippen LogP contribution in [-0.2, 0) is 12.3 Å². The molecular weight excluding hydrogens is 424 g/mol. The van der Waals surface area contributed by atoms with Crippen molar-refractivity contribution >= 4 is 22.6 Å². The van der Waals surface area contributed by atoms with Crippen molar-refractivity contribution in [2.45, 2.75) is 26.2 Å². The van der Waals surface area contributed by atoms with Crippen LogP contribution >= 0.6 is 0 Å². The van der Waals surface area contributed by atoms with Gasteiger partial charge in [0.05, 0.1) is 22.4 Å². The third-order valence-corrected chi connectivity index (χ3v) is 6.12. The molecule has 3 aromatic rings. The smallest absolute Gasteiger partial charge is 0.269 e. The molecule has 4 heterocycles. The minimum absolute atomic E-state index is 0.191. The van der Waals surface area contributed by atoms with Crippen LogP contribution in [0, 0.1) is 6.92 Å². The Morgan fingerprint density at radius 3 is 2.58 bits per heavy atom. The van der Waals surface area contributed by atoms with Gasteiger partial charge in [0.1, 0.15) is 5.69 Å². The van der Waals surface area contributed by atoms with Crippen LogP contribution in [0.15, 0.2) is 35.3 Å². The lowest BCUT2D eigenvalue weighted by Crippen LogP contribution is -2.56. The summed E-state index contributed by atoms with van der Waals surface area (Å²) < 4.78 is 0. The van der Waals surface area contributed by atoms with E-state index in [9.17, 15) is 19.8 Å². The highest BCUT2D eigenvalue weighted by Crippen LogP contribution is 2.28. The van der Waals surface area contributed by atoms with Crippen LogP contribution in [0.1, 0.15) is 34.2 Å². The molecular formula is C23H28N6O4. The largest absolute Gasteiger partial charge is 0.367 e. The van der Waals surface area contributed by atoms with E-state index in [0.717, 1.165) is 11.4 Å². The molecule has 0 atom stereocenters. The molecule has 1 saturated heterocycles. The molecule has 1 amide bonds. The Morgan fingerprint density at radius 1 is 1.21 bits per heavy atom. The highest BCUT2D eigenvalue weighted by Gasteiger charge is 2.37. The number of aryl methyl sites for hydroxylation is 2. The van der Waals surface area contributed by atoms with Gasteiger partial charge in [-0.3, -0.25) is 14.6 Å². The number of aromatic nitrogens is 3. The molecule has 1 aliphatic heterocycles. The summed E-state index contributed by atoms with van der Waals surface area (Å²) in [4.78, 5) is 39.1. The standard InChI is InChI=1S/C23H28N6O4/c1-4-15-11-18-19(27-21(15)30)12-16(13-25-18)23(32,33)29-9-7-28(8-10-29)20-6-5-17(22(31)24-3)26-14(20)2/h5-6,11-13,32-33H,4,7-10H2,1-3H3,(H,24,31)(H,27,30). The zero-order valence-electron chi connectivity index (χ0n) is 18.9. The number of hydrogen-bond acceptors (Lipinski definition) is 8. The second kappa shape index (κ2) is 8.89. The number of H-pyrrole nitrogens is 1. The molecule has 4 rings (SSSR count). The van der Waals surface area contributed by atoms with Crippen LogP contribution in [-0.4, -0.2) is 69.2 Å². The van der Waals surface area contributed by atoms with Crippen molar-refractivity contribution in [1.82, 2.24) is 25.2 Å². The summed E-state index contributed by atoms with van der Waals surface area (Å²) >= 11 is 0. The number of aliphatic hydroxyl groups is 2. The molecule has 0 spiro atoms. The minimum atomic E-state index is -2.23. The van der Waals surface area contributed by atoms with Gasteiger partial charge in [0.2, 0.25) is 0 Å². The predicted octanol–water partition coefficient (Wildman–Crippen LogP) is 0.466. The highest BCUT2D eigenvalue weighted by atomic mass is 16.5. The average Bonchev–Trinajstić information content (AvgIpc) is 2.82. The summed E-state index contributed by atoms with van der Waals surface area (Å²) in [6, 6.07) is 6.82. The zero-order valence-corrected chi connectivity index (χ0v) is 18.9. The molecule has 0 aliphatic carbocycles. The van der Waals surface area contributed by atoms with Crippen LogP contribution in [0.3, 0.4) is 0 Å². The fraction of sp³-hybridized carbons (Fsp3) is 0.391. The first-order valence-electron chi connectivity index (χ1n) is 10.9. The van der Waals surface area contributed by atoms with Gasteiger partial charge in [-0.15, -0.1) is 0 Å². The van der Waals surface area contributed by atoms with Gasteiger partial charge in [-0.05, 0) is 37.6 Å². The van der Waals surface area contributed by atoms with Gasteiger partial charge in [0, 0.05) is 50.6 Å². The van der Waals surface area contributed by atoms with Crippen LogP contribution in [0.2, 0.25) is 0 Å². The van der Waals surface area contributed by atoms with E-state index in [1.165, 1.54) is 6.20 Å². The first kappa shape index (κ1) is 22.8. The van der Waals surface area contributed by atoms with E-state index >= 15 is 0 Å². The van der Waals surface area contributed by atoms with Gasteiger partial charge >= 0.3 is 0 Å². The van der Waals surface area contributed by atoms with E-state index in [2.05, 4.69) is 25.2 Å². The van der Waals surface area contributed by atoms with Crippen LogP contribution in [0.5, 0.6) is 0 Å². The van der Waals surface area contributed by atoms with Crippen molar-refractivity contribution in [3.05, 3.63) is 63.3 Å². The van der Waals surface area contributed by atoms with Crippen LogP contribution in [0.25, 0.3) is 11.0 Å². The van der Waals surface area contributed by atoms with E-state index in [1.54, 1.807) is 30.1 Å². The number of pyridine rings is 3. The number of amides is 1. The molecule has 0 aromatic carbocycles. The number of hydrogen-bond donors (Lipinski definition) is 4. The topological polar surface area (TPSA) is 135 Å². The summed E-state index contributed by atoms with van der Waals surface area (Å²) in [6.45, 7) is 5.59. The van der Waals surface area contributed by atoms with Gasteiger partial charge in [-0.1, -0.05) is 6.92 Å². The lowest BCUT2D eigenvalue weighted by Gasteiger charge is -2.42. The van der Waals surface area contributed by atoms with Crippen molar-refractivity contribution in [3.8, 4) is 0 Å². The number of carbonyl (C=O) groups is 1. The Kier molecular flexibility index (Phi) is 6.15. The third kappa shape index (κ3) is 4.32. The minimum Gasteiger partial charge on any atom is -0.367 e. The molecule has 0 radical (unpaired) electrons. The average molecular weight is 453 g/mol. The number of carbonyl (C=O) groups excluding carboxylic acids is 1. The Hall–Kier alpha value is -3.34. The number of nitrogens with zero attached hydrogens (tertiary/aromatic N) is 4. The van der Waals surface area contributed by atoms with E-state index in [0.29, 0.717) is 54.9 Å². The molecule has 3 aromatic heterocycles. The van der Waals surface area contributed by atoms with Gasteiger partial charge < -0.3 is 25.4 Å². The molecule has 1 fully saturated rings. The maximum Gasteiger partial charge on any atom is 0.269 e. The van der Waals surface area contributed by atoms with Crippen LogP contribution in [0.4, 0.5) is 5.69 Å². The summed E-state index contributed by atoms with van der Waals surface area (Å²) in [5.41, 5.74) is 3.67. The summed E-state index contributed by atoms with van der Waals surface area (Å²) in [7, 11) is 1.56. The van der Waals surface area contributed by atoms with E-state index in [1.807, 2.05) is 19.9 Å². The Morgan fingerprint density at radius 2 is 1.94 bits per heavy atom. The normalized spacial score (nSPS) is 15.1. The molecule has 10 heteroatoms. The number of rotatable bonds is 5. The van der Waals surface area contributed by atoms with Gasteiger partial charge in [-0.2, -0.15) is 0 Å². The van der Waals surface area contributed by atoms with Gasteiger partial charge in [0.15, 0.2) is 0 Å². The number of nitrogens with one attached hydrogen (secondary N) is 2. The van der Waals surface area contributed by atoms with Crippen molar-refractivity contribution < 1.29 is 15.0 Å². The quantitative estimate of drug-likeness (QED) is 0.410. The summed E-state index contributed by atoms with van der Waals surface area (Å²) in [6.07, 6.45) is 2.02. The molecule has 1 aliphatic rings. The molecule has 174 valence electrons. The number of anilines is 1. The second-order valence-electron chi connectivity index (χ2n) is 8.12. The van der Waals surface area contributed by atoms with Crippen molar-refractivity contribution in [3.63, 3.8) is 0 Å². The molecule has 0 bridgehead atoms. The molecule has 33 heavy (non-hydrogen) atoms. The molecule has 4 N–H and O–H groups in total. The molecule has 10 nitrogen and oxygen atoms in total. The summed E-state index contributed by atoms with van der Waals surface area (Å²) in [5.74, 6) is -2.47. The maximum absolute atomic E-state index is 12.1. The Labute approximate surface area is 190 Å². The van der Waals surface area contributed by atoms with Crippen LogP contribution < -0.4 is 15.8 Å². The van der Waals surface area contributed by atoms with Gasteiger partial charge in [0.25, 0.3) is 17.4 Å². The van der Waals surface area contributed by atoms with Crippen molar-refractivity contribution in [1.29, 1.82) is 0 Å². The monoisotopic (exact) mass is 452 g/mol. The lowest BCUT2D eigenvalue weighted by atomic mass is 10.1.